The van der Waals surface area contributed by atoms with Crippen LogP contribution in [0.25, 0.3) is 0 Å². The molecule has 0 saturated heterocycles. The van der Waals surface area contributed by atoms with Crippen LogP contribution >= 0.6 is 0 Å². The largest absolute Gasteiger partial charge is 0.509 e. The van der Waals surface area contributed by atoms with E-state index in [1.54, 1.807) is 13.8 Å². The SMILES string of the molecule is CCC(CC)OC(=O)O[C@]1(C(=O)O)[C@H](C)C[C@H]2[C@@H]3CC(F)=C4CC(=O)C=C[C@]4(C)[C@@]3(F)[C@@H](O)C[C@@]21C. The number of halogens is 2. The molecule has 0 aromatic carbocycles. The molecule has 0 unspecified atom stereocenters. The standard InChI is InChI=1S/C27H36F2O7/c1-6-16(7-2)35-23(34)36-27(22(32)33)14(3)10-17-18-12-20(28)19-11-15(30)8-9-24(19,4)26(18,29)21(31)13-25(17,27)5/h8-9,14,16-18,21,31H,6-7,10-13H2,1-5H3,(H,32,33)/t14-,17+,18+,21+,24+,25+,26+,27+/m1/s1. The number of hydrogen-bond donors (Lipinski definition) is 2. The number of aliphatic hydroxyl groups excluding tert-OH is 1. The molecule has 4 rings (SSSR count). The minimum Gasteiger partial charge on any atom is -0.478 e. The summed E-state index contributed by atoms with van der Waals surface area (Å²) in [7, 11) is 0. The van der Waals surface area contributed by atoms with E-state index < -0.39 is 70.0 Å². The predicted molar refractivity (Wildman–Crippen MR) is 125 cm³/mol. The summed E-state index contributed by atoms with van der Waals surface area (Å²) >= 11 is 0. The Kier molecular flexibility index (Phi) is 6.42. The van der Waals surface area contributed by atoms with Crippen molar-refractivity contribution in [1.29, 1.82) is 0 Å². The lowest BCUT2D eigenvalue weighted by Gasteiger charge is -2.61. The van der Waals surface area contributed by atoms with E-state index in [0.717, 1.165) is 0 Å². The van der Waals surface area contributed by atoms with Crippen molar-refractivity contribution in [2.24, 2.45) is 28.6 Å². The molecule has 2 fully saturated rings. The summed E-state index contributed by atoms with van der Waals surface area (Å²) < 4.78 is 43.8. The molecule has 0 spiro atoms. The molecule has 0 aromatic heterocycles. The van der Waals surface area contributed by atoms with Gasteiger partial charge < -0.3 is 19.7 Å². The van der Waals surface area contributed by atoms with E-state index in [4.69, 9.17) is 9.47 Å². The topological polar surface area (TPSA) is 110 Å². The fraction of sp³-hybridized carbons (Fsp3) is 0.741. The number of ketones is 1. The number of fused-ring (bicyclic) bond motifs is 5. The van der Waals surface area contributed by atoms with Gasteiger partial charge in [-0.1, -0.05) is 33.8 Å². The van der Waals surface area contributed by atoms with E-state index in [1.165, 1.54) is 19.1 Å². The molecule has 2 saturated carbocycles. The molecular formula is C27H36F2O7. The summed E-state index contributed by atoms with van der Waals surface area (Å²) in [6.45, 7) is 8.36. The van der Waals surface area contributed by atoms with Gasteiger partial charge in [0.2, 0.25) is 5.60 Å². The molecular weight excluding hydrogens is 474 g/mol. The number of aliphatic carboxylic acids is 1. The number of ether oxygens (including phenoxy) is 2. The van der Waals surface area contributed by atoms with Crippen LogP contribution in [0.2, 0.25) is 0 Å². The number of carboxylic acid groups (broad SMARTS) is 1. The van der Waals surface area contributed by atoms with Crippen LogP contribution in [0.15, 0.2) is 23.6 Å². The minimum atomic E-state index is -2.33. The Bertz CT molecular complexity index is 1040. The van der Waals surface area contributed by atoms with E-state index in [-0.39, 0.29) is 37.0 Å². The fourth-order valence-electron chi connectivity index (χ4n) is 7.96. The van der Waals surface area contributed by atoms with Gasteiger partial charge in [-0.25, -0.2) is 18.4 Å². The molecule has 200 valence electrons. The Morgan fingerprint density at radius 3 is 2.44 bits per heavy atom. The number of carbonyl (C=O) groups excluding carboxylic acids is 2. The molecule has 0 radical (unpaired) electrons. The monoisotopic (exact) mass is 510 g/mol. The van der Waals surface area contributed by atoms with E-state index >= 15 is 8.78 Å². The van der Waals surface area contributed by atoms with Gasteiger partial charge in [-0.3, -0.25) is 4.79 Å². The van der Waals surface area contributed by atoms with E-state index in [9.17, 15) is 24.6 Å². The zero-order valence-electron chi connectivity index (χ0n) is 21.5. The maximum absolute atomic E-state index is 17.3. The highest BCUT2D eigenvalue weighted by atomic mass is 19.1. The zero-order chi connectivity index (χ0) is 26.8. The van der Waals surface area contributed by atoms with E-state index in [0.29, 0.717) is 12.8 Å². The lowest BCUT2D eigenvalue weighted by molar-refractivity contribution is -0.226. The van der Waals surface area contributed by atoms with Crippen LogP contribution < -0.4 is 0 Å². The van der Waals surface area contributed by atoms with Crippen molar-refractivity contribution in [3.8, 4) is 0 Å². The van der Waals surface area contributed by atoms with Crippen LogP contribution in [0.3, 0.4) is 0 Å². The summed E-state index contributed by atoms with van der Waals surface area (Å²) in [6.07, 6.45) is -0.403. The first-order valence-corrected chi connectivity index (χ1v) is 12.8. The first-order chi connectivity index (χ1) is 16.7. The van der Waals surface area contributed by atoms with Gasteiger partial charge in [0.15, 0.2) is 11.5 Å². The van der Waals surface area contributed by atoms with Crippen molar-refractivity contribution in [2.75, 3.05) is 0 Å². The molecule has 7 nitrogen and oxygen atoms in total. The molecule has 9 heteroatoms. The number of alkyl halides is 1. The second-order valence-electron chi connectivity index (χ2n) is 11.5. The quantitative estimate of drug-likeness (QED) is 0.497. The van der Waals surface area contributed by atoms with Crippen LogP contribution in [-0.4, -0.2) is 51.6 Å². The number of carboxylic acids is 1. The van der Waals surface area contributed by atoms with Crippen molar-refractivity contribution in [1.82, 2.24) is 0 Å². The maximum atomic E-state index is 17.3. The Hall–Kier alpha value is -2.29. The summed E-state index contributed by atoms with van der Waals surface area (Å²) in [5.74, 6) is -4.88. The Balaban J connectivity index is 1.80. The minimum absolute atomic E-state index is 0.0388. The van der Waals surface area contributed by atoms with Gasteiger partial charge >= 0.3 is 12.1 Å². The molecule has 36 heavy (non-hydrogen) atoms. The normalized spacial score (nSPS) is 43.6. The van der Waals surface area contributed by atoms with Crippen LogP contribution in [0.1, 0.15) is 73.1 Å². The highest BCUT2D eigenvalue weighted by Gasteiger charge is 2.78. The molecule has 0 heterocycles. The third kappa shape index (κ3) is 3.26. The van der Waals surface area contributed by atoms with Gasteiger partial charge in [-0.05, 0) is 50.2 Å². The molecule has 0 aromatic rings. The number of aliphatic hydroxyl groups is 1. The first-order valence-electron chi connectivity index (χ1n) is 12.8. The van der Waals surface area contributed by atoms with Crippen molar-refractivity contribution < 1.29 is 42.9 Å². The number of hydrogen-bond acceptors (Lipinski definition) is 6. The second kappa shape index (κ2) is 8.64. The van der Waals surface area contributed by atoms with Gasteiger partial charge in [0.1, 0.15) is 11.9 Å². The van der Waals surface area contributed by atoms with Crippen molar-refractivity contribution in [3.05, 3.63) is 23.6 Å². The third-order valence-electron chi connectivity index (χ3n) is 9.93. The molecule has 4 aliphatic carbocycles. The second-order valence-corrected chi connectivity index (χ2v) is 11.5. The molecule has 4 aliphatic rings. The average Bonchev–Trinajstić information content (AvgIpc) is 3.03. The van der Waals surface area contributed by atoms with Crippen molar-refractivity contribution >= 4 is 17.9 Å². The summed E-state index contributed by atoms with van der Waals surface area (Å²) in [4.78, 5) is 37.7. The molecule has 2 N–H and O–H groups in total. The van der Waals surface area contributed by atoms with Crippen molar-refractivity contribution in [3.63, 3.8) is 0 Å². The van der Waals surface area contributed by atoms with Gasteiger partial charge in [-0.15, -0.1) is 0 Å². The van der Waals surface area contributed by atoms with Crippen molar-refractivity contribution in [2.45, 2.75) is 96.6 Å². The Morgan fingerprint density at radius 2 is 1.86 bits per heavy atom. The predicted octanol–water partition coefficient (Wildman–Crippen LogP) is 5.07. The molecule has 8 atom stereocenters. The maximum Gasteiger partial charge on any atom is 0.509 e. The van der Waals surface area contributed by atoms with Gasteiger partial charge in [0, 0.05) is 35.5 Å². The molecule has 0 aliphatic heterocycles. The van der Waals surface area contributed by atoms with Gasteiger partial charge in [-0.2, -0.15) is 0 Å². The average molecular weight is 511 g/mol. The van der Waals surface area contributed by atoms with E-state index in [2.05, 4.69) is 0 Å². The van der Waals surface area contributed by atoms with E-state index in [1.807, 2.05) is 13.8 Å². The van der Waals surface area contributed by atoms with Crippen LogP contribution in [0, 0.1) is 28.6 Å². The number of rotatable bonds is 5. The highest BCUT2D eigenvalue weighted by molar-refractivity contribution is 5.93. The van der Waals surface area contributed by atoms with Gasteiger partial charge in [0.05, 0.1) is 6.10 Å². The van der Waals surface area contributed by atoms with Crippen LogP contribution in [0.5, 0.6) is 0 Å². The summed E-state index contributed by atoms with van der Waals surface area (Å²) in [5, 5.41) is 21.8. The lowest BCUT2D eigenvalue weighted by atomic mass is 9.45. The molecule has 0 bridgehead atoms. The number of allylic oxidation sites excluding steroid dienone is 4. The highest BCUT2D eigenvalue weighted by Crippen LogP contribution is 2.71. The van der Waals surface area contributed by atoms with Crippen LogP contribution in [0.4, 0.5) is 13.6 Å². The molecule has 0 amide bonds. The fourth-order valence-corrected chi connectivity index (χ4v) is 7.96. The van der Waals surface area contributed by atoms with Gasteiger partial charge in [0.25, 0.3) is 0 Å². The first kappa shape index (κ1) is 26.8. The zero-order valence-corrected chi connectivity index (χ0v) is 21.5. The smallest absolute Gasteiger partial charge is 0.478 e. The number of carbonyl (C=O) groups is 3. The summed E-state index contributed by atoms with van der Waals surface area (Å²) in [6, 6.07) is 0. The Morgan fingerprint density at radius 1 is 1.22 bits per heavy atom. The third-order valence-corrected chi connectivity index (χ3v) is 9.93. The Labute approximate surface area is 209 Å². The van der Waals surface area contributed by atoms with Crippen LogP contribution in [-0.2, 0) is 19.1 Å². The summed E-state index contributed by atoms with van der Waals surface area (Å²) in [5.41, 5.74) is -7.33. The lowest BCUT2D eigenvalue weighted by Crippen LogP contribution is -2.69.